The van der Waals surface area contributed by atoms with E-state index in [1.165, 1.54) is 31.2 Å². The SMILES string of the molecule is C[C@H](NC(=O)CCOCCCO)C(=O)C[C@@H](CCCNC(N)=O)C(=O)Nc1ccc(COC(=O)Oc2ccc([N+](=O)[O-])cc2)cc1. The van der Waals surface area contributed by atoms with Gasteiger partial charge in [-0.25, -0.2) is 9.59 Å². The number of nitrogens with two attached hydrogens (primary N) is 1. The third kappa shape index (κ3) is 14.6. The number of Topliss-reactive ketones (excluding diaryl/α,β-unsaturated/α-hetero) is 1. The monoisotopic (exact) mass is 645 g/mol. The summed E-state index contributed by atoms with van der Waals surface area (Å²) in [5, 5.41) is 27.3. The second-order valence-electron chi connectivity index (χ2n) is 10.1. The molecule has 0 radical (unpaired) electrons. The summed E-state index contributed by atoms with van der Waals surface area (Å²) in [5.41, 5.74) is 5.93. The number of primary amides is 1. The molecule has 2 aromatic rings. The Kier molecular flexibility index (Phi) is 16.2. The Bertz CT molecular complexity index is 1320. The van der Waals surface area contributed by atoms with Crippen molar-refractivity contribution in [1.29, 1.82) is 0 Å². The van der Waals surface area contributed by atoms with Crippen LogP contribution in [0.15, 0.2) is 48.5 Å². The predicted octanol–water partition coefficient (Wildman–Crippen LogP) is 2.57. The van der Waals surface area contributed by atoms with Crippen LogP contribution in [0, 0.1) is 16.0 Å². The number of carbonyl (C=O) groups excluding carboxylic acids is 5. The van der Waals surface area contributed by atoms with Gasteiger partial charge in [-0.2, -0.15) is 0 Å². The lowest BCUT2D eigenvalue weighted by Crippen LogP contribution is -2.40. The number of urea groups is 1. The van der Waals surface area contributed by atoms with Crippen LogP contribution in [0.25, 0.3) is 0 Å². The predicted molar refractivity (Wildman–Crippen MR) is 164 cm³/mol. The number of benzene rings is 2. The highest BCUT2D eigenvalue weighted by molar-refractivity contribution is 5.97. The molecule has 0 unspecified atom stereocenters. The van der Waals surface area contributed by atoms with E-state index in [2.05, 4.69) is 16.0 Å². The molecule has 0 aliphatic rings. The van der Waals surface area contributed by atoms with E-state index < -0.39 is 35.0 Å². The molecule has 4 amide bonds. The number of nitrogens with one attached hydrogen (secondary N) is 3. The van der Waals surface area contributed by atoms with Gasteiger partial charge in [-0.15, -0.1) is 0 Å². The van der Waals surface area contributed by atoms with Crippen molar-refractivity contribution in [3.8, 4) is 5.75 Å². The first kappa shape index (κ1) is 37.1. The van der Waals surface area contributed by atoms with E-state index in [1.54, 1.807) is 24.3 Å². The van der Waals surface area contributed by atoms with Crippen molar-refractivity contribution in [1.82, 2.24) is 10.6 Å². The third-order valence-corrected chi connectivity index (χ3v) is 6.45. The van der Waals surface area contributed by atoms with Gasteiger partial charge in [-0.05, 0) is 56.0 Å². The van der Waals surface area contributed by atoms with Gasteiger partial charge in [0.05, 0.1) is 17.6 Å². The topological polar surface area (TPSA) is 239 Å². The third-order valence-electron chi connectivity index (χ3n) is 6.45. The highest BCUT2D eigenvalue weighted by Gasteiger charge is 2.25. The minimum Gasteiger partial charge on any atom is -0.429 e. The van der Waals surface area contributed by atoms with Gasteiger partial charge >= 0.3 is 12.2 Å². The maximum atomic E-state index is 13.2. The van der Waals surface area contributed by atoms with E-state index in [0.717, 1.165) is 0 Å². The van der Waals surface area contributed by atoms with Crippen LogP contribution >= 0.6 is 0 Å². The number of ketones is 1. The van der Waals surface area contributed by atoms with Crippen LogP contribution in [-0.4, -0.2) is 72.2 Å². The first-order chi connectivity index (χ1) is 22.0. The molecule has 46 heavy (non-hydrogen) atoms. The van der Waals surface area contributed by atoms with Crippen LogP contribution in [0.3, 0.4) is 0 Å². The van der Waals surface area contributed by atoms with E-state index in [9.17, 15) is 34.1 Å². The zero-order valence-corrected chi connectivity index (χ0v) is 25.4. The van der Waals surface area contributed by atoms with E-state index in [-0.39, 0.29) is 68.8 Å². The lowest BCUT2D eigenvalue weighted by Gasteiger charge is -2.19. The summed E-state index contributed by atoms with van der Waals surface area (Å²) in [6, 6.07) is 9.72. The maximum Gasteiger partial charge on any atom is 0.514 e. The van der Waals surface area contributed by atoms with Crippen LogP contribution < -0.4 is 26.4 Å². The second-order valence-corrected chi connectivity index (χ2v) is 10.1. The standard InChI is InChI=1S/C30H39N5O11/c1-20(33-27(38)13-17-44-16-3-15-36)26(37)18-22(4-2-14-32-29(31)40)28(39)34-23-7-5-21(6-8-23)19-45-30(41)46-25-11-9-24(10-12-25)35(42)43/h5-12,20,22,36H,2-4,13-19H2,1H3,(H,33,38)(H,34,39)(H3,31,32,40)/t20-,22+/m0/s1. The molecule has 0 aliphatic carbocycles. The quantitative estimate of drug-likeness (QED) is 0.0461. The summed E-state index contributed by atoms with van der Waals surface area (Å²) in [7, 11) is 0. The van der Waals surface area contributed by atoms with Crippen LogP contribution in [-0.2, 0) is 30.5 Å². The van der Waals surface area contributed by atoms with Gasteiger partial charge in [-0.1, -0.05) is 12.1 Å². The number of non-ortho nitro benzene ring substituents is 1. The van der Waals surface area contributed by atoms with Gasteiger partial charge in [0, 0.05) is 56.3 Å². The molecule has 0 fully saturated rings. The van der Waals surface area contributed by atoms with Gasteiger partial charge in [0.15, 0.2) is 5.78 Å². The van der Waals surface area contributed by atoms with E-state index in [4.69, 9.17) is 25.1 Å². The highest BCUT2D eigenvalue weighted by atomic mass is 16.7. The number of nitrogens with zero attached hydrogens (tertiary/aromatic N) is 1. The molecule has 0 saturated carbocycles. The van der Waals surface area contributed by atoms with Crippen molar-refractivity contribution in [2.45, 2.75) is 51.7 Å². The molecule has 0 spiro atoms. The zero-order valence-electron chi connectivity index (χ0n) is 25.4. The summed E-state index contributed by atoms with van der Waals surface area (Å²) in [4.78, 5) is 71.4. The normalized spacial score (nSPS) is 11.9. The fourth-order valence-electron chi connectivity index (χ4n) is 3.97. The molecule has 0 aromatic heterocycles. The summed E-state index contributed by atoms with van der Waals surface area (Å²) in [6.07, 6.45) is -0.0706. The minimum absolute atomic E-state index is 0.0153. The number of hydrogen-bond donors (Lipinski definition) is 5. The van der Waals surface area contributed by atoms with Gasteiger partial charge < -0.3 is 41.0 Å². The van der Waals surface area contributed by atoms with E-state index in [0.29, 0.717) is 30.7 Å². The molecule has 16 nitrogen and oxygen atoms in total. The Labute approximate surface area is 265 Å². The first-order valence-electron chi connectivity index (χ1n) is 14.5. The van der Waals surface area contributed by atoms with Gasteiger partial charge in [0.25, 0.3) is 5.69 Å². The van der Waals surface area contributed by atoms with Crippen LogP contribution in [0.5, 0.6) is 5.75 Å². The fourth-order valence-corrected chi connectivity index (χ4v) is 3.97. The molecule has 16 heteroatoms. The summed E-state index contributed by atoms with van der Waals surface area (Å²) >= 11 is 0. The number of aliphatic hydroxyl groups is 1. The lowest BCUT2D eigenvalue weighted by molar-refractivity contribution is -0.384. The number of nitro benzene ring substituents is 1. The van der Waals surface area contributed by atoms with Crippen molar-refractivity contribution in [3.05, 3.63) is 64.2 Å². The highest BCUT2D eigenvalue weighted by Crippen LogP contribution is 2.20. The molecule has 0 bridgehead atoms. The van der Waals surface area contributed by atoms with E-state index >= 15 is 0 Å². The summed E-state index contributed by atoms with van der Waals surface area (Å²) in [6.45, 7) is 2.02. The molecular weight excluding hydrogens is 606 g/mol. The molecule has 2 atom stereocenters. The van der Waals surface area contributed by atoms with Crippen molar-refractivity contribution in [2.24, 2.45) is 11.7 Å². The average molecular weight is 646 g/mol. The molecule has 0 aliphatic heterocycles. The number of ether oxygens (including phenoxy) is 3. The van der Waals surface area contributed by atoms with Crippen molar-refractivity contribution < 1.29 is 48.2 Å². The molecule has 6 N–H and O–H groups in total. The number of rotatable bonds is 20. The Hall–Kier alpha value is -5.09. The van der Waals surface area contributed by atoms with Crippen LogP contribution in [0.2, 0.25) is 0 Å². The van der Waals surface area contributed by atoms with Gasteiger partial charge in [0.2, 0.25) is 11.8 Å². The number of hydrogen-bond acceptors (Lipinski definition) is 11. The molecular formula is C30H39N5O11. The molecule has 250 valence electrons. The smallest absolute Gasteiger partial charge is 0.429 e. The molecule has 0 heterocycles. The van der Waals surface area contributed by atoms with Gasteiger partial charge in [0.1, 0.15) is 12.4 Å². The first-order valence-corrected chi connectivity index (χ1v) is 14.5. The number of amides is 4. The number of carbonyl (C=O) groups is 5. The van der Waals surface area contributed by atoms with Crippen molar-refractivity contribution in [3.63, 3.8) is 0 Å². The number of nitro groups is 1. The fraction of sp³-hybridized carbons (Fsp3) is 0.433. The van der Waals surface area contributed by atoms with Gasteiger partial charge in [-0.3, -0.25) is 24.5 Å². The van der Waals surface area contributed by atoms with Crippen LogP contribution in [0.1, 0.15) is 44.6 Å². The summed E-state index contributed by atoms with van der Waals surface area (Å²) in [5.74, 6) is -1.89. The Morgan fingerprint density at radius 2 is 1.70 bits per heavy atom. The Morgan fingerprint density at radius 3 is 2.33 bits per heavy atom. The minimum atomic E-state index is -1.01. The Balaban J connectivity index is 1.90. The molecule has 2 aromatic carbocycles. The van der Waals surface area contributed by atoms with Crippen LogP contribution in [0.4, 0.5) is 21.0 Å². The summed E-state index contributed by atoms with van der Waals surface area (Å²) < 4.78 is 15.3. The van der Waals surface area contributed by atoms with E-state index in [1.807, 2.05) is 0 Å². The lowest BCUT2D eigenvalue weighted by atomic mass is 9.93. The largest absolute Gasteiger partial charge is 0.514 e. The molecule has 0 saturated heterocycles. The number of aliphatic hydroxyl groups excluding tert-OH is 1. The average Bonchev–Trinajstić information content (AvgIpc) is 3.02. The number of anilines is 1. The van der Waals surface area contributed by atoms with Crippen molar-refractivity contribution >= 4 is 41.2 Å². The second kappa shape index (κ2) is 20.0. The maximum absolute atomic E-state index is 13.2. The molecule has 2 rings (SSSR count). The zero-order chi connectivity index (χ0) is 33.9. The Morgan fingerprint density at radius 1 is 1.00 bits per heavy atom. The van der Waals surface area contributed by atoms with Crippen molar-refractivity contribution in [2.75, 3.05) is 31.7 Å².